The fourth-order valence-electron chi connectivity index (χ4n) is 3.12. The number of rotatable bonds is 6. The highest BCUT2D eigenvalue weighted by molar-refractivity contribution is 7.19. The third-order valence-electron chi connectivity index (χ3n) is 4.56. The summed E-state index contributed by atoms with van der Waals surface area (Å²) in [4.78, 5) is 26.1. The first-order valence-corrected chi connectivity index (χ1v) is 9.77. The van der Waals surface area contributed by atoms with Crippen LogP contribution in [-0.4, -0.2) is 26.6 Å². The average molecular weight is 380 g/mol. The van der Waals surface area contributed by atoms with Gasteiger partial charge in [-0.3, -0.25) is 14.0 Å². The van der Waals surface area contributed by atoms with Crippen molar-refractivity contribution in [3.63, 3.8) is 0 Å². The molecule has 0 spiro atoms. The van der Waals surface area contributed by atoms with E-state index >= 15 is 0 Å². The highest BCUT2D eigenvalue weighted by Gasteiger charge is 2.13. The standard InChI is InChI=1S/C20H20N4O2S/c1-2-15-10-16-18(27-15)11-17-20(26)24(22-13-23(16)17)12-19(25)21-9-8-14-6-4-3-5-7-14/h3-7,10-11,13H,2,8-9,12H2,1H3,(H,21,25). The number of aryl methyl sites for hydroxylation is 1. The van der Waals surface area contributed by atoms with E-state index in [4.69, 9.17) is 0 Å². The van der Waals surface area contributed by atoms with Gasteiger partial charge in [0, 0.05) is 11.4 Å². The first-order chi connectivity index (χ1) is 13.2. The highest BCUT2D eigenvalue weighted by Crippen LogP contribution is 2.27. The lowest BCUT2D eigenvalue weighted by Crippen LogP contribution is -2.35. The number of carbonyl (C=O) groups excluding carboxylic acids is 1. The van der Waals surface area contributed by atoms with E-state index in [1.165, 1.54) is 9.56 Å². The van der Waals surface area contributed by atoms with Crippen molar-refractivity contribution in [2.75, 3.05) is 6.54 Å². The van der Waals surface area contributed by atoms with Crippen molar-refractivity contribution in [3.8, 4) is 0 Å². The Hall–Kier alpha value is -2.93. The van der Waals surface area contributed by atoms with Gasteiger partial charge in [0.15, 0.2) is 0 Å². The number of hydrogen-bond acceptors (Lipinski definition) is 4. The lowest BCUT2D eigenvalue weighted by Gasteiger charge is -2.07. The summed E-state index contributed by atoms with van der Waals surface area (Å²) in [5, 5.41) is 7.03. The van der Waals surface area contributed by atoms with Gasteiger partial charge >= 0.3 is 0 Å². The number of nitrogens with zero attached hydrogens (tertiary/aromatic N) is 3. The van der Waals surface area contributed by atoms with E-state index in [2.05, 4.69) is 23.4 Å². The van der Waals surface area contributed by atoms with Crippen LogP contribution in [0.25, 0.3) is 15.7 Å². The number of fused-ring (bicyclic) bond motifs is 3. The number of nitrogens with one attached hydrogen (secondary N) is 1. The molecule has 0 unspecified atom stereocenters. The quantitative estimate of drug-likeness (QED) is 0.559. The van der Waals surface area contributed by atoms with Crippen LogP contribution in [0.5, 0.6) is 0 Å². The van der Waals surface area contributed by atoms with E-state index in [1.54, 1.807) is 22.1 Å². The Kier molecular flexibility index (Phi) is 4.77. The number of thiophene rings is 1. The van der Waals surface area contributed by atoms with Gasteiger partial charge in [-0.25, -0.2) is 4.68 Å². The molecule has 0 saturated carbocycles. The molecule has 0 atom stereocenters. The van der Waals surface area contributed by atoms with Crippen LogP contribution in [0, 0.1) is 0 Å². The Morgan fingerprint density at radius 2 is 2.00 bits per heavy atom. The van der Waals surface area contributed by atoms with Crippen molar-refractivity contribution >= 4 is 33.0 Å². The lowest BCUT2D eigenvalue weighted by atomic mass is 10.1. The van der Waals surface area contributed by atoms with Gasteiger partial charge in [0.25, 0.3) is 5.56 Å². The maximum absolute atomic E-state index is 12.7. The van der Waals surface area contributed by atoms with Crippen molar-refractivity contribution in [2.24, 2.45) is 0 Å². The maximum atomic E-state index is 12.7. The second-order valence-electron chi connectivity index (χ2n) is 6.39. The molecule has 0 fully saturated rings. The van der Waals surface area contributed by atoms with E-state index < -0.39 is 0 Å². The number of carbonyl (C=O) groups is 1. The summed E-state index contributed by atoms with van der Waals surface area (Å²) in [7, 11) is 0. The molecule has 0 bridgehead atoms. The molecule has 1 aromatic carbocycles. The van der Waals surface area contributed by atoms with E-state index in [0.29, 0.717) is 12.1 Å². The molecular formula is C20H20N4O2S. The molecule has 0 aliphatic carbocycles. The Balaban J connectivity index is 1.47. The van der Waals surface area contributed by atoms with Gasteiger partial charge in [-0.05, 0) is 30.5 Å². The van der Waals surface area contributed by atoms with Crippen LogP contribution in [-0.2, 0) is 24.2 Å². The van der Waals surface area contributed by atoms with Gasteiger partial charge in [0.1, 0.15) is 18.4 Å². The van der Waals surface area contributed by atoms with Crippen LogP contribution in [0.15, 0.2) is 53.6 Å². The molecule has 1 N–H and O–H groups in total. The monoisotopic (exact) mass is 380 g/mol. The first kappa shape index (κ1) is 17.5. The number of amides is 1. The summed E-state index contributed by atoms with van der Waals surface area (Å²) in [6.45, 7) is 2.56. The summed E-state index contributed by atoms with van der Waals surface area (Å²) in [6.07, 6.45) is 3.33. The van der Waals surface area contributed by atoms with Gasteiger partial charge < -0.3 is 5.32 Å². The summed E-state index contributed by atoms with van der Waals surface area (Å²) < 4.78 is 4.09. The average Bonchev–Trinajstić information content (AvgIpc) is 3.23. The van der Waals surface area contributed by atoms with Crippen molar-refractivity contribution in [3.05, 3.63) is 69.6 Å². The fraction of sp³-hybridized carbons (Fsp3) is 0.250. The molecule has 3 aromatic heterocycles. The normalized spacial score (nSPS) is 11.3. The Labute approximate surface area is 160 Å². The summed E-state index contributed by atoms with van der Waals surface area (Å²) in [6, 6.07) is 13.9. The topological polar surface area (TPSA) is 68.4 Å². The molecule has 0 saturated heterocycles. The predicted octanol–water partition coefficient (Wildman–Crippen LogP) is 2.63. The molecule has 3 heterocycles. The zero-order valence-electron chi connectivity index (χ0n) is 15.0. The molecule has 0 aliphatic rings. The number of hydrogen-bond donors (Lipinski definition) is 1. The van der Waals surface area contributed by atoms with Crippen molar-refractivity contribution < 1.29 is 4.79 Å². The molecule has 1 amide bonds. The van der Waals surface area contributed by atoms with Gasteiger partial charge in [-0.15, -0.1) is 11.3 Å². The summed E-state index contributed by atoms with van der Waals surface area (Å²) in [5.74, 6) is -0.216. The first-order valence-electron chi connectivity index (χ1n) is 8.96. The van der Waals surface area contributed by atoms with Gasteiger partial charge in [0.2, 0.25) is 5.91 Å². The van der Waals surface area contributed by atoms with Crippen molar-refractivity contribution in [2.45, 2.75) is 26.3 Å². The van der Waals surface area contributed by atoms with Crippen LogP contribution in [0.1, 0.15) is 17.4 Å². The molecule has 0 radical (unpaired) electrons. The highest BCUT2D eigenvalue weighted by atomic mass is 32.1. The van der Waals surface area contributed by atoms with E-state index in [1.807, 2.05) is 36.4 Å². The smallest absolute Gasteiger partial charge is 0.291 e. The van der Waals surface area contributed by atoms with Crippen LogP contribution in [0.3, 0.4) is 0 Å². The van der Waals surface area contributed by atoms with Gasteiger partial charge in [-0.2, -0.15) is 5.10 Å². The van der Waals surface area contributed by atoms with Gasteiger partial charge in [0.05, 0.1) is 10.2 Å². The second kappa shape index (κ2) is 7.36. The Morgan fingerprint density at radius 3 is 2.78 bits per heavy atom. The molecule has 0 aliphatic heterocycles. The Bertz CT molecular complexity index is 1160. The summed E-state index contributed by atoms with van der Waals surface area (Å²) in [5.41, 5.74) is 2.45. The molecular weight excluding hydrogens is 360 g/mol. The minimum Gasteiger partial charge on any atom is -0.354 e. The SMILES string of the molecule is CCc1cc2c(cc3c(=O)n(CC(=O)NCCc4ccccc4)ncn32)s1. The van der Waals surface area contributed by atoms with E-state index in [0.717, 1.165) is 28.6 Å². The fourth-order valence-corrected chi connectivity index (χ4v) is 4.15. The molecule has 4 aromatic rings. The van der Waals surface area contributed by atoms with Crippen LogP contribution >= 0.6 is 11.3 Å². The lowest BCUT2D eigenvalue weighted by molar-refractivity contribution is -0.121. The number of benzene rings is 1. The third kappa shape index (κ3) is 3.50. The second-order valence-corrected chi connectivity index (χ2v) is 7.56. The summed E-state index contributed by atoms with van der Waals surface area (Å²) >= 11 is 1.68. The van der Waals surface area contributed by atoms with E-state index in [-0.39, 0.29) is 18.0 Å². The zero-order valence-corrected chi connectivity index (χ0v) is 15.8. The third-order valence-corrected chi connectivity index (χ3v) is 5.77. The molecule has 4 rings (SSSR count). The molecule has 6 nitrogen and oxygen atoms in total. The minimum absolute atomic E-state index is 0.0802. The van der Waals surface area contributed by atoms with Crippen LogP contribution in [0.4, 0.5) is 0 Å². The zero-order chi connectivity index (χ0) is 18.8. The molecule has 27 heavy (non-hydrogen) atoms. The Morgan fingerprint density at radius 1 is 1.19 bits per heavy atom. The van der Waals surface area contributed by atoms with Crippen LogP contribution in [0.2, 0.25) is 0 Å². The maximum Gasteiger partial charge on any atom is 0.291 e. The minimum atomic E-state index is -0.253. The molecule has 138 valence electrons. The largest absolute Gasteiger partial charge is 0.354 e. The number of aromatic nitrogens is 3. The van der Waals surface area contributed by atoms with Crippen molar-refractivity contribution in [1.82, 2.24) is 19.5 Å². The van der Waals surface area contributed by atoms with Crippen LogP contribution < -0.4 is 10.9 Å². The van der Waals surface area contributed by atoms with Gasteiger partial charge in [-0.1, -0.05) is 37.3 Å². The van der Waals surface area contributed by atoms with Crippen molar-refractivity contribution in [1.29, 1.82) is 0 Å². The van der Waals surface area contributed by atoms with E-state index in [9.17, 15) is 9.59 Å². The predicted molar refractivity (Wildman–Crippen MR) is 107 cm³/mol. The molecule has 7 heteroatoms.